The number of H-pyrrole nitrogens is 2. The van der Waals surface area contributed by atoms with Crippen molar-refractivity contribution in [3.63, 3.8) is 0 Å². The van der Waals surface area contributed by atoms with Crippen molar-refractivity contribution >= 4 is 65.7 Å². The molecule has 454 valence electrons. The van der Waals surface area contributed by atoms with E-state index >= 15 is 0 Å². The standard InChI is InChI=1S/C80H70N8O4/c1-77(2,3)47-25-33-51(34-26-47)89-63-41-59-61(43-65(63)91-53-37-29-49(30-38-53)79(7,8)9)75-86-73(59)84-71-57-23-15-19-45-17-13-21-55(67(45)57)69(82-71)81-70-56-22-14-18-46-20-16-24-58(68(46)56)72(83-70)85-74-60-42-64(90-52-35-27-48(28-36-52)78(4,5)6)66(44-62(60)76(87-74)88-75)92-54-39-31-50(32-40-54)80(10,11)12/h13-44H,1-12H3,(H2,81,82,83,84,85,86,87,88). The van der Waals surface area contributed by atoms with E-state index in [0.29, 0.717) is 114 Å². The summed E-state index contributed by atoms with van der Waals surface area (Å²) in [5.74, 6) is 6.23. The first kappa shape index (κ1) is 57.7. The fourth-order valence-corrected chi connectivity index (χ4v) is 12.3. The van der Waals surface area contributed by atoms with Gasteiger partial charge in [0.1, 0.15) is 45.9 Å². The van der Waals surface area contributed by atoms with E-state index < -0.39 is 0 Å². The van der Waals surface area contributed by atoms with Crippen molar-refractivity contribution in [3.05, 3.63) is 216 Å². The molecule has 0 saturated heterocycles. The van der Waals surface area contributed by atoms with Crippen LogP contribution in [0.1, 0.15) is 105 Å². The van der Waals surface area contributed by atoms with Crippen molar-refractivity contribution in [1.82, 2.24) is 39.9 Å². The van der Waals surface area contributed by atoms with E-state index in [1.165, 1.54) is 22.3 Å². The van der Waals surface area contributed by atoms with Crippen molar-refractivity contribution in [3.8, 4) is 91.5 Å². The van der Waals surface area contributed by atoms with Gasteiger partial charge in [-0.1, -0.05) is 204 Å². The molecule has 15 rings (SSSR count). The number of aromatic nitrogens is 8. The SMILES string of the molecule is CC(C)(C)c1ccc(Oc2cc3c(cc2Oc2ccc(C(C)(C)C)cc2)-c2nc-3nc3[nH]c(nc4nc(nc5[nH]c(n2)c2cc(Oc6ccc(C(C)(C)C)cc6)c(Oc6ccc(C(C)(C)C)cc6)cc52)c2cccc5cccc4c52)-c2cccc4cccc-3c24)cc1. The van der Waals surface area contributed by atoms with Crippen molar-refractivity contribution in [2.45, 2.75) is 105 Å². The Balaban J connectivity index is 1.04. The molecule has 0 unspecified atom stereocenters. The topological polar surface area (TPSA) is 146 Å². The average molecular weight is 1210 g/mol. The Kier molecular flexibility index (Phi) is 13.5. The second-order valence-corrected chi connectivity index (χ2v) is 28.2. The minimum absolute atomic E-state index is 0.0636. The van der Waals surface area contributed by atoms with Gasteiger partial charge in [-0.15, -0.1) is 0 Å². The van der Waals surface area contributed by atoms with Crippen LogP contribution in [0.2, 0.25) is 0 Å². The van der Waals surface area contributed by atoms with Gasteiger partial charge in [-0.05, 0) is 127 Å². The van der Waals surface area contributed by atoms with Crippen LogP contribution in [0.25, 0.3) is 111 Å². The van der Waals surface area contributed by atoms with E-state index in [0.717, 1.165) is 43.4 Å². The van der Waals surface area contributed by atoms with Gasteiger partial charge in [0.05, 0.1) is 0 Å². The molecular formula is C80H70N8O4. The van der Waals surface area contributed by atoms with Gasteiger partial charge >= 0.3 is 0 Å². The minimum atomic E-state index is -0.0673. The number of fused-ring (bicyclic) bond motifs is 18. The molecule has 12 heteroatoms. The molecule has 0 radical (unpaired) electrons. The van der Waals surface area contributed by atoms with Crippen molar-refractivity contribution < 1.29 is 18.9 Å². The lowest BCUT2D eigenvalue weighted by Crippen LogP contribution is -2.10. The van der Waals surface area contributed by atoms with Gasteiger partial charge in [-0.3, -0.25) is 0 Å². The lowest BCUT2D eigenvalue weighted by molar-refractivity contribution is 0.418. The summed E-state index contributed by atoms with van der Waals surface area (Å²) >= 11 is 0. The molecule has 0 aliphatic carbocycles. The van der Waals surface area contributed by atoms with E-state index in [1.807, 2.05) is 84.9 Å². The highest BCUT2D eigenvalue weighted by Crippen LogP contribution is 2.48. The smallest absolute Gasteiger partial charge is 0.170 e. The van der Waals surface area contributed by atoms with Crippen molar-refractivity contribution in [1.29, 1.82) is 0 Å². The van der Waals surface area contributed by atoms with Crippen LogP contribution in [0.4, 0.5) is 0 Å². The predicted octanol–water partition coefficient (Wildman–Crippen LogP) is 21.5. The Bertz CT molecular complexity index is 5280. The van der Waals surface area contributed by atoms with Crippen LogP contribution < -0.4 is 18.9 Å². The summed E-state index contributed by atoms with van der Waals surface area (Å²) in [6.45, 7) is 26.4. The molecule has 12 nitrogen and oxygen atoms in total. The summed E-state index contributed by atoms with van der Waals surface area (Å²) < 4.78 is 27.9. The summed E-state index contributed by atoms with van der Waals surface area (Å²) in [6, 6.07) is 65.7. The minimum Gasteiger partial charge on any atom is -0.453 e. The summed E-state index contributed by atoms with van der Waals surface area (Å²) in [5.41, 5.74) is 9.42. The van der Waals surface area contributed by atoms with Gasteiger partial charge in [-0.25, -0.2) is 29.9 Å². The van der Waals surface area contributed by atoms with E-state index in [4.69, 9.17) is 48.9 Å². The van der Waals surface area contributed by atoms with Gasteiger partial charge in [0, 0.05) is 54.6 Å². The first-order valence-electron chi connectivity index (χ1n) is 31.4. The Morgan fingerprint density at radius 3 is 1.04 bits per heavy atom. The number of rotatable bonds is 8. The molecule has 0 amide bonds. The molecule has 0 fully saturated rings. The Hall–Kier alpha value is -10.7. The summed E-state index contributed by atoms with van der Waals surface area (Å²) in [4.78, 5) is 40.5. The number of benzene rings is 10. The second-order valence-electron chi connectivity index (χ2n) is 28.2. The Labute approximate surface area is 534 Å². The summed E-state index contributed by atoms with van der Waals surface area (Å²) in [6.07, 6.45) is 0. The largest absolute Gasteiger partial charge is 0.453 e. The lowest BCUT2D eigenvalue weighted by atomic mass is 9.87. The maximum atomic E-state index is 6.97. The molecule has 5 heterocycles. The molecule has 92 heavy (non-hydrogen) atoms. The van der Waals surface area contributed by atoms with Crippen LogP contribution >= 0.6 is 0 Å². The average Bonchev–Trinajstić information content (AvgIpc) is 1.50. The Morgan fingerprint density at radius 1 is 0.283 bits per heavy atom. The molecule has 2 aliphatic rings. The summed E-state index contributed by atoms with van der Waals surface area (Å²) in [7, 11) is 0. The van der Waals surface area contributed by atoms with Crippen LogP contribution in [0, 0.1) is 0 Å². The van der Waals surface area contributed by atoms with E-state index in [-0.39, 0.29) is 21.7 Å². The highest BCUT2D eigenvalue weighted by molar-refractivity contribution is 6.19. The van der Waals surface area contributed by atoms with Crippen LogP contribution in [-0.4, -0.2) is 39.9 Å². The van der Waals surface area contributed by atoms with Crippen molar-refractivity contribution in [2.75, 3.05) is 0 Å². The fourth-order valence-electron chi connectivity index (χ4n) is 12.3. The highest BCUT2D eigenvalue weighted by atomic mass is 16.5. The predicted molar refractivity (Wildman–Crippen MR) is 372 cm³/mol. The maximum Gasteiger partial charge on any atom is 0.170 e. The molecule has 0 saturated carbocycles. The monoisotopic (exact) mass is 1210 g/mol. The zero-order chi connectivity index (χ0) is 63.6. The second kappa shape index (κ2) is 21.5. The number of pyridine rings is 2. The van der Waals surface area contributed by atoms with E-state index in [2.05, 4.69) is 202 Å². The van der Waals surface area contributed by atoms with Crippen LogP contribution in [0.3, 0.4) is 0 Å². The molecule has 0 spiro atoms. The highest BCUT2D eigenvalue weighted by Gasteiger charge is 2.28. The normalized spacial score (nSPS) is 12.6. The number of hydrogen-bond donors (Lipinski definition) is 2. The molecule has 2 N–H and O–H groups in total. The molecule has 8 bridgehead atoms. The number of hydrogen-bond acceptors (Lipinski definition) is 10. The van der Waals surface area contributed by atoms with Crippen molar-refractivity contribution in [2.24, 2.45) is 0 Å². The van der Waals surface area contributed by atoms with Crippen LogP contribution in [-0.2, 0) is 21.7 Å². The molecular weight excluding hydrogens is 1140 g/mol. The molecule has 13 aromatic rings. The first-order valence-corrected chi connectivity index (χ1v) is 31.4. The first-order chi connectivity index (χ1) is 44.0. The number of ether oxygens (including phenoxy) is 4. The number of aromatic amines is 2. The molecule has 0 atom stereocenters. The third-order valence-electron chi connectivity index (χ3n) is 17.5. The Morgan fingerprint density at radius 2 is 0.630 bits per heavy atom. The van der Waals surface area contributed by atoms with E-state index in [9.17, 15) is 0 Å². The number of nitrogens with zero attached hydrogens (tertiary/aromatic N) is 6. The zero-order valence-corrected chi connectivity index (χ0v) is 53.8. The van der Waals surface area contributed by atoms with Crippen LogP contribution in [0.5, 0.6) is 46.0 Å². The third kappa shape index (κ3) is 10.7. The molecule has 3 aromatic heterocycles. The third-order valence-corrected chi connectivity index (χ3v) is 17.5. The lowest BCUT2D eigenvalue weighted by Gasteiger charge is -2.20. The number of nitrogens with one attached hydrogen (secondary N) is 2. The van der Waals surface area contributed by atoms with Gasteiger partial charge in [0.25, 0.3) is 0 Å². The van der Waals surface area contributed by atoms with Gasteiger partial charge in [-0.2, -0.15) is 0 Å². The molecule has 10 aromatic carbocycles. The van der Waals surface area contributed by atoms with Crippen LogP contribution in [0.15, 0.2) is 194 Å². The van der Waals surface area contributed by atoms with Gasteiger partial charge < -0.3 is 28.9 Å². The zero-order valence-electron chi connectivity index (χ0n) is 53.8. The quantitative estimate of drug-likeness (QED) is 0.151. The fraction of sp³-hybridized carbons (Fsp3) is 0.200. The summed E-state index contributed by atoms with van der Waals surface area (Å²) in [5, 5.41) is 7.12. The van der Waals surface area contributed by atoms with E-state index in [1.54, 1.807) is 0 Å². The van der Waals surface area contributed by atoms with Gasteiger partial charge in [0.15, 0.2) is 45.9 Å². The molecule has 2 aliphatic heterocycles. The van der Waals surface area contributed by atoms with Gasteiger partial charge in [0.2, 0.25) is 0 Å². The maximum absolute atomic E-state index is 6.97.